The normalized spacial score (nSPS) is 19.3. The summed E-state index contributed by atoms with van der Waals surface area (Å²) in [5, 5.41) is 12.7. The van der Waals surface area contributed by atoms with Gasteiger partial charge < -0.3 is 10.4 Å². The van der Waals surface area contributed by atoms with Gasteiger partial charge in [-0.3, -0.25) is 10.2 Å². The number of sulfonamides is 1. The van der Waals surface area contributed by atoms with Crippen molar-refractivity contribution in [1.29, 1.82) is 0 Å². The van der Waals surface area contributed by atoms with Gasteiger partial charge in [0.05, 0.1) is 4.90 Å². The van der Waals surface area contributed by atoms with Gasteiger partial charge in [0.15, 0.2) is 0 Å². The first-order chi connectivity index (χ1) is 13.7. The van der Waals surface area contributed by atoms with Crippen molar-refractivity contribution in [3.63, 3.8) is 0 Å². The number of hydrazine groups is 1. The molecule has 0 unspecified atom stereocenters. The average molecular weight is 441 g/mol. The minimum atomic E-state index is -3.95. The molecule has 0 saturated carbocycles. The van der Waals surface area contributed by atoms with Crippen LogP contribution in [0.25, 0.3) is 10.8 Å². The van der Waals surface area contributed by atoms with Crippen LogP contribution in [0.1, 0.15) is 6.42 Å². The first-order valence-electron chi connectivity index (χ1n) is 8.76. The first kappa shape index (κ1) is 22.9. The van der Waals surface area contributed by atoms with E-state index in [1.807, 2.05) is 37.7 Å². The molecule has 158 valence electrons. The Morgan fingerprint density at radius 2 is 1.72 bits per heavy atom. The number of benzene rings is 2. The summed E-state index contributed by atoms with van der Waals surface area (Å²) in [4.78, 5) is 22.8. The third kappa shape index (κ3) is 5.60. The lowest BCUT2D eigenvalue weighted by Gasteiger charge is -2.23. The number of carbonyl (C=O) groups is 2. The highest BCUT2D eigenvalue weighted by molar-refractivity contribution is 7.89. The minimum absolute atomic E-state index is 0.0590. The molecule has 1 heterocycles. The minimum Gasteiger partial charge on any atom is -0.464 e. The topological polar surface area (TPSA) is 128 Å². The molecule has 3 rings (SSSR count). The maximum atomic E-state index is 13.1. The number of carboxylic acid groups (broad SMARTS) is 1. The molecule has 4 N–H and O–H groups in total. The molecule has 0 aromatic heterocycles. The molecule has 0 radical (unpaired) electrons. The number of amides is 2. The summed E-state index contributed by atoms with van der Waals surface area (Å²) in [6.07, 6.45) is -1.26. The second-order valence-electron chi connectivity index (χ2n) is 6.41. The fraction of sp³-hybridized carbons (Fsp3) is 0.333. The van der Waals surface area contributed by atoms with E-state index in [1.54, 1.807) is 23.6 Å². The van der Waals surface area contributed by atoms with E-state index in [4.69, 9.17) is 5.11 Å². The van der Waals surface area contributed by atoms with Crippen LogP contribution in [0.2, 0.25) is 0 Å². The van der Waals surface area contributed by atoms with Crippen LogP contribution in [0.5, 0.6) is 0 Å². The molecule has 11 heteroatoms. The first-order valence-corrected chi connectivity index (χ1v) is 10.7. The van der Waals surface area contributed by atoms with Crippen LogP contribution >= 0.6 is 12.6 Å². The zero-order valence-electron chi connectivity index (χ0n) is 16.0. The lowest BCUT2D eigenvalue weighted by molar-refractivity contribution is -0.125. The van der Waals surface area contributed by atoms with Crippen LogP contribution in [-0.4, -0.2) is 61.8 Å². The van der Waals surface area contributed by atoms with Gasteiger partial charge in [-0.2, -0.15) is 16.9 Å². The molecule has 1 aliphatic heterocycles. The SMILES string of the molecule is CNC.O=C(O)NNC(=O)[C@@H]1C[C@@H](S)CN1S(=O)(=O)c1ccc2ccccc2c1. The Kier molecular flexibility index (Phi) is 7.85. The highest BCUT2D eigenvalue weighted by atomic mass is 32.2. The van der Waals surface area contributed by atoms with Crippen molar-refractivity contribution in [2.24, 2.45) is 0 Å². The monoisotopic (exact) mass is 440 g/mol. The Balaban J connectivity index is 0.000000941. The van der Waals surface area contributed by atoms with Gasteiger partial charge in [-0.25, -0.2) is 18.6 Å². The molecular weight excluding hydrogens is 416 g/mol. The summed E-state index contributed by atoms with van der Waals surface area (Å²) in [5.41, 5.74) is 3.74. The molecule has 2 atom stereocenters. The quantitative estimate of drug-likeness (QED) is 0.358. The third-order valence-corrected chi connectivity index (χ3v) is 6.40. The van der Waals surface area contributed by atoms with Gasteiger partial charge in [-0.1, -0.05) is 30.3 Å². The van der Waals surface area contributed by atoms with Gasteiger partial charge in [0.1, 0.15) is 6.04 Å². The predicted molar refractivity (Wildman–Crippen MR) is 113 cm³/mol. The molecule has 0 bridgehead atoms. The summed E-state index contributed by atoms with van der Waals surface area (Å²) < 4.78 is 27.2. The smallest absolute Gasteiger partial charge is 0.423 e. The summed E-state index contributed by atoms with van der Waals surface area (Å²) in [6.45, 7) is 0.0590. The molecule has 2 aromatic carbocycles. The molecule has 1 fully saturated rings. The Bertz CT molecular complexity index is 983. The Hall–Kier alpha value is -2.34. The van der Waals surface area contributed by atoms with E-state index < -0.39 is 28.1 Å². The summed E-state index contributed by atoms with van der Waals surface area (Å²) in [7, 11) is -0.197. The number of nitrogens with zero attached hydrogens (tertiary/aromatic N) is 1. The van der Waals surface area contributed by atoms with Gasteiger partial charge in [0.2, 0.25) is 10.0 Å². The van der Waals surface area contributed by atoms with Crippen LogP contribution in [0.4, 0.5) is 4.79 Å². The molecule has 2 amide bonds. The summed E-state index contributed by atoms with van der Waals surface area (Å²) in [5.74, 6) is -0.742. The zero-order valence-corrected chi connectivity index (χ0v) is 17.7. The Labute approximate surface area is 174 Å². The van der Waals surface area contributed by atoms with E-state index >= 15 is 0 Å². The van der Waals surface area contributed by atoms with Crippen molar-refractivity contribution < 1.29 is 23.1 Å². The molecule has 29 heavy (non-hydrogen) atoms. The molecule has 9 nitrogen and oxygen atoms in total. The zero-order chi connectivity index (χ0) is 21.6. The van der Waals surface area contributed by atoms with Gasteiger partial charge in [0.25, 0.3) is 5.91 Å². The van der Waals surface area contributed by atoms with Crippen molar-refractivity contribution in [2.75, 3.05) is 20.6 Å². The molecular formula is C18H24N4O5S2. The van der Waals surface area contributed by atoms with Crippen LogP contribution in [0, 0.1) is 0 Å². The van der Waals surface area contributed by atoms with E-state index in [2.05, 4.69) is 17.9 Å². The van der Waals surface area contributed by atoms with Crippen LogP contribution in [0.3, 0.4) is 0 Å². The number of rotatable bonds is 3. The average Bonchev–Trinajstić information content (AvgIpc) is 3.09. The number of carbonyl (C=O) groups excluding carboxylic acids is 1. The van der Waals surface area contributed by atoms with Crippen LogP contribution < -0.4 is 16.2 Å². The second-order valence-corrected chi connectivity index (χ2v) is 9.03. The number of nitrogens with one attached hydrogen (secondary N) is 3. The van der Waals surface area contributed by atoms with Gasteiger partial charge in [-0.05, 0) is 43.4 Å². The molecule has 1 aliphatic rings. The highest BCUT2D eigenvalue weighted by Crippen LogP contribution is 2.30. The number of hydrogen-bond donors (Lipinski definition) is 5. The third-order valence-electron chi connectivity index (χ3n) is 4.16. The summed E-state index contributed by atoms with van der Waals surface area (Å²) >= 11 is 4.29. The van der Waals surface area contributed by atoms with E-state index in [0.29, 0.717) is 0 Å². The van der Waals surface area contributed by atoms with Crippen molar-refractivity contribution in [3.8, 4) is 0 Å². The molecule has 0 aliphatic carbocycles. The fourth-order valence-corrected chi connectivity index (χ4v) is 5.12. The van der Waals surface area contributed by atoms with E-state index in [0.717, 1.165) is 15.1 Å². The largest absolute Gasteiger partial charge is 0.464 e. The maximum absolute atomic E-state index is 13.1. The van der Waals surface area contributed by atoms with E-state index in [9.17, 15) is 18.0 Å². The Morgan fingerprint density at radius 3 is 2.34 bits per heavy atom. The van der Waals surface area contributed by atoms with Crippen molar-refractivity contribution in [3.05, 3.63) is 42.5 Å². The molecule has 2 aromatic rings. The van der Waals surface area contributed by atoms with E-state index in [1.165, 1.54) is 6.07 Å². The molecule has 1 saturated heterocycles. The Morgan fingerprint density at radius 1 is 1.10 bits per heavy atom. The van der Waals surface area contributed by atoms with Crippen molar-refractivity contribution in [2.45, 2.75) is 22.6 Å². The standard InChI is InChI=1S/C16H17N3O5S2.C2H7N/c20-15(17-18-16(21)22)14-8-12(25)9-19(14)26(23,24)13-6-5-10-3-1-2-4-11(10)7-13;1-3-2/h1-7,12,14,18,25H,8-9H2,(H,17,20)(H,21,22);3H,1-2H3/t12-,14+;/m1./s1. The fourth-order valence-electron chi connectivity index (χ4n) is 2.95. The highest BCUT2D eigenvalue weighted by Gasteiger charge is 2.43. The predicted octanol–water partition coefficient (Wildman–Crippen LogP) is 1.04. The van der Waals surface area contributed by atoms with Crippen LogP contribution in [-0.2, 0) is 14.8 Å². The van der Waals surface area contributed by atoms with Crippen molar-refractivity contribution in [1.82, 2.24) is 20.5 Å². The number of fused-ring (bicyclic) bond motifs is 1. The molecule has 0 spiro atoms. The second kappa shape index (κ2) is 9.92. The maximum Gasteiger partial charge on any atom is 0.423 e. The lowest BCUT2D eigenvalue weighted by Crippen LogP contribution is -2.51. The van der Waals surface area contributed by atoms with E-state index in [-0.39, 0.29) is 23.1 Å². The number of thiol groups is 1. The lowest BCUT2D eigenvalue weighted by atomic mass is 10.1. The van der Waals surface area contributed by atoms with Gasteiger partial charge in [0, 0.05) is 11.8 Å². The van der Waals surface area contributed by atoms with Gasteiger partial charge in [-0.15, -0.1) is 0 Å². The summed E-state index contributed by atoms with van der Waals surface area (Å²) in [6, 6.07) is 11.1. The number of hydrogen-bond acceptors (Lipinski definition) is 6. The van der Waals surface area contributed by atoms with Crippen molar-refractivity contribution >= 4 is 45.4 Å². The van der Waals surface area contributed by atoms with Gasteiger partial charge >= 0.3 is 6.09 Å². The van der Waals surface area contributed by atoms with Crippen LogP contribution in [0.15, 0.2) is 47.4 Å².